The number of aromatic nitrogens is 1. The number of ether oxygens (including phenoxy) is 1. The molecule has 5 heteroatoms. The smallest absolute Gasteiger partial charge is 0.186 e. The van der Waals surface area contributed by atoms with Gasteiger partial charge in [0.1, 0.15) is 0 Å². The molecule has 1 aliphatic rings. The summed E-state index contributed by atoms with van der Waals surface area (Å²) in [5.74, 6) is 0.472. The Hall–Kier alpha value is -0.650. The summed E-state index contributed by atoms with van der Waals surface area (Å²) >= 11 is 1.86. The highest BCUT2D eigenvalue weighted by Crippen LogP contribution is 2.38. The van der Waals surface area contributed by atoms with Crippen molar-refractivity contribution in [2.24, 2.45) is 0 Å². The van der Waals surface area contributed by atoms with E-state index in [0.29, 0.717) is 5.92 Å². The van der Waals surface area contributed by atoms with Gasteiger partial charge in [-0.3, -0.25) is 0 Å². The third-order valence-electron chi connectivity index (χ3n) is 4.16. The number of thiazole rings is 1. The molecular weight excluding hydrogens is 282 g/mol. The summed E-state index contributed by atoms with van der Waals surface area (Å²) in [6.45, 7) is 12.8. The summed E-state index contributed by atoms with van der Waals surface area (Å²) in [6, 6.07) is 0. The van der Waals surface area contributed by atoms with E-state index in [1.807, 2.05) is 11.3 Å². The lowest BCUT2D eigenvalue weighted by atomic mass is 10.0. The molecule has 0 unspecified atom stereocenters. The average Bonchev–Trinajstić information content (AvgIpc) is 2.97. The second-order valence-electron chi connectivity index (χ2n) is 6.70. The van der Waals surface area contributed by atoms with E-state index in [9.17, 15) is 0 Å². The van der Waals surface area contributed by atoms with Crippen molar-refractivity contribution in [1.29, 1.82) is 0 Å². The molecule has 0 amide bonds. The predicted octanol–water partition coefficient (Wildman–Crippen LogP) is 3.38. The molecule has 1 aromatic heterocycles. The zero-order valence-electron chi connectivity index (χ0n) is 14.0. The first-order valence-electron chi connectivity index (χ1n) is 7.92. The van der Waals surface area contributed by atoms with Gasteiger partial charge < -0.3 is 15.0 Å². The Balaban J connectivity index is 2.13. The van der Waals surface area contributed by atoms with Gasteiger partial charge in [0.05, 0.1) is 12.3 Å². The molecule has 21 heavy (non-hydrogen) atoms. The number of methoxy groups -OCH3 is 1. The first-order valence-corrected chi connectivity index (χ1v) is 8.74. The fraction of sp³-hybridized carbons (Fsp3) is 0.812. The van der Waals surface area contributed by atoms with E-state index in [1.165, 1.54) is 28.5 Å². The second-order valence-corrected chi connectivity index (χ2v) is 7.76. The third kappa shape index (κ3) is 3.96. The average molecular weight is 311 g/mol. The molecule has 0 aromatic carbocycles. The number of anilines is 1. The quantitative estimate of drug-likeness (QED) is 0.783. The van der Waals surface area contributed by atoms with Crippen LogP contribution in [0.15, 0.2) is 0 Å². The zero-order valence-corrected chi connectivity index (χ0v) is 14.8. The maximum atomic E-state index is 5.09. The summed E-state index contributed by atoms with van der Waals surface area (Å²) in [7, 11) is 1.74. The molecule has 4 nitrogen and oxygen atoms in total. The van der Waals surface area contributed by atoms with Gasteiger partial charge >= 0.3 is 0 Å². The molecule has 0 bridgehead atoms. The van der Waals surface area contributed by atoms with Gasteiger partial charge in [-0.05, 0) is 32.6 Å². The summed E-state index contributed by atoms with van der Waals surface area (Å²) in [6.07, 6.45) is 2.52. The molecule has 1 fully saturated rings. The Morgan fingerprint density at radius 3 is 2.76 bits per heavy atom. The molecule has 1 N–H and O–H groups in total. The standard InChI is InChI=1S/C16H29N3OS/c1-12(2)14-13(11-17-8-10-20-5)21-15(18-14)19-9-6-7-16(19,3)4/h12,17H,6-11H2,1-5H3. The van der Waals surface area contributed by atoms with E-state index in [4.69, 9.17) is 9.72 Å². The SMILES string of the molecule is COCCNCc1sc(N2CCCC2(C)C)nc1C(C)C. The van der Waals surface area contributed by atoms with Crippen LogP contribution in [0, 0.1) is 0 Å². The van der Waals surface area contributed by atoms with Crippen LogP contribution in [-0.4, -0.2) is 37.3 Å². The summed E-state index contributed by atoms with van der Waals surface area (Å²) < 4.78 is 5.09. The lowest BCUT2D eigenvalue weighted by Crippen LogP contribution is -2.38. The maximum Gasteiger partial charge on any atom is 0.186 e. The van der Waals surface area contributed by atoms with Gasteiger partial charge in [0.2, 0.25) is 0 Å². The van der Waals surface area contributed by atoms with Crippen molar-refractivity contribution in [2.45, 2.75) is 58.5 Å². The lowest BCUT2D eigenvalue weighted by Gasteiger charge is -2.31. The molecule has 2 rings (SSSR count). The molecule has 0 saturated carbocycles. The van der Waals surface area contributed by atoms with E-state index in [2.05, 4.69) is 37.9 Å². The maximum absolute atomic E-state index is 5.09. The molecule has 1 aliphatic heterocycles. The monoisotopic (exact) mass is 311 g/mol. The Bertz CT molecular complexity index is 456. The predicted molar refractivity (Wildman–Crippen MR) is 90.4 cm³/mol. The van der Waals surface area contributed by atoms with Gasteiger partial charge in [-0.2, -0.15) is 0 Å². The minimum Gasteiger partial charge on any atom is -0.383 e. The van der Waals surface area contributed by atoms with E-state index >= 15 is 0 Å². The fourth-order valence-electron chi connectivity index (χ4n) is 2.88. The number of rotatable bonds is 7. The summed E-state index contributed by atoms with van der Waals surface area (Å²) in [4.78, 5) is 8.82. The van der Waals surface area contributed by atoms with Crippen LogP contribution >= 0.6 is 11.3 Å². The molecule has 1 saturated heterocycles. The molecular formula is C16H29N3OS. The van der Waals surface area contributed by atoms with Crippen LogP contribution < -0.4 is 10.2 Å². The molecule has 0 radical (unpaired) electrons. The number of hydrogen-bond acceptors (Lipinski definition) is 5. The first kappa shape index (κ1) is 16.7. The second kappa shape index (κ2) is 7.07. The van der Waals surface area contributed by atoms with Crippen molar-refractivity contribution in [1.82, 2.24) is 10.3 Å². The van der Waals surface area contributed by atoms with E-state index < -0.39 is 0 Å². The van der Waals surface area contributed by atoms with Crippen molar-refractivity contribution in [2.75, 3.05) is 31.7 Å². The van der Waals surface area contributed by atoms with Gasteiger partial charge in [-0.15, -0.1) is 11.3 Å². The third-order valence-corrected chi connectivity index (χ3v) is 5.26. The molecule has 0 aliphatic carbocycles. The van der Waals surface area contributed by atoms with Crippen molar-refractivity contribution in [3.05, 3.63) is 10.6 Å². The zero-order chi connectivity index (χ0) is 15.5. The Kier molecular flexibility index (Phi) is 5.63. The molecule has 1 aromatic rings. The van der Waals surface area contributed by atoms with Crippen LogP contribution in [0.4, 0.5) is 5.13 Å². The summed E-state index contributed by atoms with van der Waals surface area (Å²) in [5.41, 5.74) is 1.50. The van der Waals surface area contributed by atoms with Gasteiger partial charge in [0, 0.05) is 37.2 Å². The first-order chi connectivity index (χ1) is 9.95. The van der Waals surface area contributed by atoms with Crippen LogP contribution in [0.3, 0.4) is 0 Å². The molecule has 120 valence electrons. The number of hydrogen-bond donors (Lipinski definition) is 1. The normalized spacial score (nSPS) is 17.9. The van der Waals surface area contributed by atoms with Crippen LogP contribution in [0.1, 0.15) is 57.0 Å². The number of nitrogens with zero attached hydrogens (tertiary/aromatic N) is 2. The van der Waals surface area contributed by atoms with Crippen LogP contribution in [0.2, 0.25) is 0 Å². The minimum absolute atomic E-state index is 0.243. The highest BCUT2D eigenvalue weighted by atomic mass is 32.1. The summed E-state index contributed by atoms with van der Waals surface area (Å²) in [5, 5.41) is 4.65. The molecule has 0 atom stereocenters. The Morgan fingerprint density at radius 2 is 2.19 bits per heavy atom. The lowest BCUT2D eigenvalue weighted by molar-refractivity contribution is 0.199. The van der Waals surface area contributed by atoms with Gasteiger partial charge in [-0.25, -0.2) is 4.98 Å². The van der Waals surface area contributed by atoms with Crippen molar-refractivity contribution >= 4 is 16.5 Å². The van der Waals surface area contributed by atoms with Crippen LogP contribution in [0.25, 0.3) is 0 Å². The van der Waals surface area contributed by atoms with Crippen LogP contribution in [-0.2, 0) is 11.3 Å². The van der Waals surface area contributed by atoms with E-state index in [1.54, 1.807) is 7.11 Å². The minimum atomic E-state index is 0.243. The van der Waals surface area contributed by atoms with Crippen molar-refractivity contribution in [3.63, 3.8) is 0 Å². The Labute approximate surface area is 132 Å². The Morgan fingerprint density at radius 1 is 1.43 bits per heavy atom. The van der Waals surface area contributed by atoms with Crippen LogP contribution in [0.5, 0.6) is 0 Å². The largest absolute Gasteiger partial charge is 0.383 e. The van der Waals surface area contributed by atoms with Gasteiger partial charge in [-0.1, -0.05) is 13.8 Å². The van der Waals surface area contributed by atoms with Crippen molar-refractivity contribution < 1.29 is 4.74 Å². The topological polar surface area (TPSA) is 37.4 Å². The van der Waals surface area contributed by atoms with Crippen molar-refractivity contribution in [3.8, 4) is 0 Å². The number of nitrogens with one attached hydrogen (secondary N) is 1. The highest BCUT2D eigenvalue weighted by Gasteiger charge is 2.34. The van der Waals surface area contributed by atoms with E-state index in [-0.39, 0.29) is 5.54 Å². The van der Waals surface area contributed by atoms with E-state index in [0.717, 1.165) is 26.2 Å². The van der Waals surface area contributed by atoms with Gasteiger partial charge in [0.25, 0.3) is 0 Å². The molecule has 2 heterocycles. The molecule has 0 spiro atoms. The highest BCUT2D eigenvalue weighted by molar-refractivity contribution is 7.15. The fourth-order valence-corrected chi connectivity index (χ4v) is 4.26. The van der Waals surface area contributed by atoms with Gasteiger partial charge in [0.15, 0.2) is 5.13 Å².